The summed E-state index contributed by atoms with van der Waals surface area (Å²) in [6.45, 7) is 13.2. The van der Waals surface area contributed by atoms with Crippen LogP contribution in [0, 0.1) is 17.8 Å². The average molecular weight is 585 g/mol. The largest absolute Gasteiger partial charge is 0.444 e. The maximum absolute atomic E-state index is 14.2. The van der Waals surface area contributed by atoms with Gasteiger partial charge in [0.25, 0.3) is 0 Å². The third-order valence-electron chi connectivity index (χ3n) is 8.70. The Balaban J connectivity index is 1.55. The molecule has 9 nitrogen and oxygen atoms in total. The molecule has 0 aromatic carbocycles. The molecule has 3 atom stereocenters. The molecule has 42 heavy (non-hydrogen) atoms. The number of hydrogen-bond acceptors (Lipinski definition) is 6. The van der Waals surface area contributed by atoms with E-state index in [1.807, 2.05) is 50.9 Å². The number of rotatable bonds is 10. The molecule has 3 aliphatic rings. The summed E-state index contributed by atoms with van der Waals surface area (Å²) in [6, 6.07) is 3.98. The number of nitrogens with zero attached hydrogens (tertiary/aromatic N) is 3. The second kappa shape index (κ2) is 14.2. The molecule has 1 saturated heterocycles. The zero-order chi connectivity index (χ0) is 30.4. The Labute approximate surface area is 252 Å². The molecular weight excluding hydrogens is 532 g/mol. The maximum Gasteiger partial charge on any atom is 0.410 e. The quantitative estimate of drug-likeness (QED) is 0.380. The van der Waals surface area contributed by atoms with Crippen molar-refractivity contribution < 1.29 is 23.9 Å². The Bertz CT molecular complexity index is 1060. The molecule has 4 rings (SSSR count). The van der Waals surface area contributed by atoms with Crippen molar-refractivity contribution in [3.8, 4) is 0 Å². The number of ether oxygens (including phenoxy) is 2. The summed E-state index contributed by atoms with van der Waals surface area (Å²) >= 11 is 0. The predicted molar refractivity (Wildman–Crippen MR) is 163 cm³/mol. The van der Waals surface area contributed by atoms with Gasteiger partial charge in [-0.2, -0.15) is 0 Å². The zero-order valence-corrected chi connectivity index (χ0v) is 26.6. The Morgan fingerprint density at radius 1 is 1.05 bits per heavy atom. The van der Waals surface area contributed by atoms with Gasteiger partial charge in [-0.1, -0.05) is 39.2 Å². The van der Waals surface area contributed by atoms with Gasteiger partial charge in [0, 0.05) is 31.9 Å². The molecule has 0 unspecified atom stereocenters. The van der Waals surface area contributed by atoms with E-state index < -0.39 is 23.5 Å². The molecule has 2 aliphatic carbocycles. The van der Waals surface area contributed by atoms with Crippen molar-refractivity contribution in [3.63, 3.8) is 0 Å². The minimum atomic E-state index is -0.683. The molecule has 3 amide bonds. The van der Waals surface area contributed by atoms with E-state index >= 15 is 0 Å². The summed E-state index contributed by atoms with van der Waals surface area (Å²) in [6.07, 6.45) is 9.29. The molecule has 0 bridgehead atoms. The Hall–Kier alpha value is -2.68. The minimum Gasteiger partial charge on any atom is -0.444 e. The lowest BCUT2D eigenvalue weighted by atomic mass is 9.83. The van der Waals surface area contributed by atoms with Crippen molar-refractivity contribution in [3.05, 3.63) is 23.9 Å². The maximum atomic E-state index is 14.2. The highest BCUT2D eigenvalue weighted by Crippen LogP contribution is 2.35. The molecule has 2 heterocycles. The summed E-state index contributed by atoms with van der Waals surface area (Å²) < 4.78 is 11.5. The highest BCUT2D eigenvalue weighted by Gasteiger charge is 2.44. The van der Waals surface area contributed by atoms with E-state index in [4.69, 9.17) is 9.47 Å². The fourth-order valence-corrected chi connectivity index (χ4v) is 6.21. The lowest BCUT2D eigenvalue weighted by Gasteiger charge is -2.39. The van der Waals surface area contributed by atoms with Crippen molar-refractivity contribution in [1.82, 2.24) is 15.2 Å². The van der Waals surface area contributed by atoms with Crippen LogP contribution in [0.15, 0.2) is 18.3 Å². The van der Waals surface area contributed by atoms with Gasteiger partial charge in [0.2, 0.25) is 11.8 Å². The number of aromatic nitrogens is 1. The molecule has 0 spiro atoms. The molecule has 2 saturated carbocycles. The van der Waals surface area contributed by atoms with Crippen LogP contribution in [0.1, 0.15) is 104 Å². The fraction of sp³-hybridized carbons (Fsp3) is 0.758. The van der Waals surface area contributed by atoms with Crippen LogP contribution in [-0.4, -0.2) is 71.8 Å². The topological polar surface area (TPSA) is 101 Å². The predicted octanol–water partition coefficient (Wildman–Crippen LogP) is 5.68. The minimum absolute atomic E-state index is 0.0737. The van der Waals surface area contributed by atoms with Crippen LogP contribution < -0.4 is 10.2 Å². The summed E-state index contributed by atoms with van der Waals surface area (Å²) in [5.74, 6) is 0.107. The summed E-state index contributed by atoms with van der Waals surface area (Å²) in [5, 5.41) is 3.29. The number of anilines is 1. The van der Waals surface area contributed by atoms with Gasteiger partial charge in [-0.05, 0) is 83.3 Å². The highest BCUT2D eigenvalue weighted by atomic mass is 16.6. The lowest BCUT2D eigenvalue weighted by molar-refractivity contribution is -0.131. The second-order valence-electron chi connectivity index (χ2n) is 13.7. The van der Waals surface area contributed by atoms with Gasteiger partial charge < -0.3 is 19.7 Å². The number of carbonyl (C=O) groups excluding carboxylic acids is 3. The first kappa shape index (κ1) is 32.2. The van der Waals surface area contributed by atoms with Gasteiger partial charge in [-0.15, -0.1) is 0 Å². The Morgan fingerprint density at radius 2 is 1.74 bits per heavy atom. The summed E-state index contributed by atoms with van der Waals surface area (Å²) in [5.41, 5.74) is 0.435. The van der Waals surface area contributed by atoms with E-state index in [1.165, 1.54) is 19.3 Å². The van der Waals surface area contributed by atoms with Crippen molar-refractivity contribution in [2.45, 2.75) is 117 Å². The normalized spacial score (nSPS) is 22.5. The number of likely N-dealkylation sites (tertiary alicyclic amines) is 1. The third-order valence-corrected chi connectivity index (χ3v) is 8.70. The molecule has 9 heteroatoms. The van der Waals surface area contributed by atoms with E-state index in [1.54, 1.807) is 4.90 Å². The Morgan fingerprint density at radius 3 is 2.31 bits per heavy atom. The molecule has 3 fully saturated rings. The molecule has 1 aliphatic heterocycles. The van der Waals surface area contributed by atoms with Crippen LogP contribution >= 0.6 is 0 Å². The monoisotopic (exact) mass is 584 g/mol. The van der Waals surface area contributed by atoms with Crippen molar-refractivity contribution in [1.29, 1.82) is 0 Å². The van der Waals surface area contributed by atoms with Gasteiger partial charge >= 0.3 is 6.09 Å². The van der Waals surface area contributed by atoms with Crippen LogP contribution in [0.2, 0.25) is 0 Å². The molecule has 234 valence electrons. The highest BCUT2D eigenvalue weighted by molar-refractivity contribution is 5.96. The van der Waals surface area contributed by atoms with Crippen LogP contribution in [0.5, 0.6) is 0 Å². The van der Waals surface area contributed by atoms with Gasteiger partial charge in [-0.3, -0.25) is 14.5 Å². The van der Waals surface area contributed by atoms with Crippen molar-refractivity contribution in [2.75, 3.05) is 31.2 Å². The molecule has 1 N–H and O–H groups in total. The van der Waals surface area contributed by atoms with Gasteiger partial charge in [-0.25, -0.2) is 9.78 Å². The summed E-state index contributed by atoms with van der Waals surface area (Å²) in [7, 11) is 0. The van der Waals surface area contributed by atoms with Crippen LogP contribution in [-0.2, 0) is 19.1 Å². The zero-order valence-electron chi connectivity index (χ0n) is 26.6. The number of nitrogens with one attached hydrogen (secondary N) is 1. The number of pyridine rings is 1. The number of piperidine rings is 1. The first-order chi connectivity index (χ1) is 20.0. The van der Waals surface area contributed by atoms with Crippen molar-refractivity contribution >= 4 is 23.7 Å². The third kappa shape index (κ3) is 8.68. The van der Waals surface area contributed by atoms with Gasteiger partial charge in [0.1, 0.15) is 11.4 Å². The number of hydrogen-bond donors (Lipinski definition) is 1. The standard InChI is InChI=1S/C33H52N4O5/c1-7-41-21-28(23-11-9-8-10-12-23)35-30(38)25-17-26(20-36(19-25)32(40)42-33(4,5)6)31(39)37(27-14-15-27)29-16-13-24(18-34-29)22(2)3/h13,16,18,22-23,25-28H,7-12,14-15,17,19-21H2,1-6H3,(H,35,38)/t25-,26+,28+/m0/s1. The lowest BCUT2D eigenvalue weighted by Crippen LogP contribution is -2.55. The van der Waals surface area contributed by atoms with Gasteiger partial charge in [0.05, 0.1) is 24.5 Å². The Kier molecular flexibility index (Phi) is 10.9. The van der Waals surface area contributed by atoms with E-state index in [-0.39, 0.29) is 37.0 Å². The molecular formula is C33H52N4O5. The fourth-order valence-electron chi connectivity index (χ4n) is 6.21. The van der Waals surface area contributed by atoms with Crippen LogP contribution in [0.4, 0.5) is 10.6 Å². The molecule has 1 aromatic heterocycles. The number of carbonyl (C=O) groups is 3. The van der Waals surface area contributed by atoms with Gasteiger partial charge in [0.15, 0.2) is 0 Å². The average Bonchev–Trinajstić information content (AvgIpc) is 3.80. The molecule has 1 aromatic rings. The smallest absolute Gasteiger partial charge is 0.410 e. The first-order valence-corrected chi connectivity index (χ1v) is 16.1. The first-order valence-electron chi connectivity index (χ1n) is 16.1. The van der Waals surface area contributed by atoms with E-state index in [0.717, 1.165) is 31.2 Å². The van der Waals surface area contributed by atoms with Crippen LogP contribution in [0.3, 0.4) is 0 Å². The molecule has 0 radical (unpaired) electrons. The van der Waals surface area contributed by atoms with E-state index in [9.17, 15) is 14.4 Å². The van der Waals surface area contributed by atoms with Crippen LogP contribution in [0.25, 0.3) is 0 Å². The van der Waals surface area contributed by atoms with Crippen molar-refractivity contribution in [2.24, 2.45) is 17.8 Å². The SMILES string of the molecule is CCOC[C@@H](NC(=O)[C@H]1C[C@@H](C(=O)N(c2ccc(C(C)C)cn2)C2CC2)CN(C(=O)OC(C)(C)C)C1)C1CCCCC1. The second-order valence-corrected chi connectivity index (χ2v) is 13.7. The number of amides is 3. The van der Waals surface area contributed by atoms with E-state index in [2.05, 4.69) is 24.1 Å². The van der Waals surface area contributed by atoms with E-state index in [0.29, 0.717) is 37.3 Å². The summed E-state index contributed by atoms with van der Waals surface area (Å²) in [4.78, 5) is 49.3.